The first kappa shape index (κ1) is 17.1. The third-order valence-electron chi connectivity index (χ3n) is 2.32. The Balaban J connectivity index is 0.000000354. The van der Waals surface area contributed by atoms with Crippen LogP contribution in [0.15, 0.2) is 12.2 Å². The molecule has 0 bridgehead atoms. The molecule has 0 aromatic rings. The quantitative estimate of drug-likeness (QED) is 0.320. The lowest BCUT2D eigenvalue weighted by Crippen LogP contribution is -2.21. The Morgan fingerprint density at radius 2 is 1.53 bits per heavy atom. The minimum absolute atomic E-state index is 0.253. The van der Waals surface area contributed by atoms with E-state index in [9.17, 15) is 0 Å². The predicted octanol–water partition coefficient (Wildman–Crippen LogP) is 5.27. The van der Waals surface area contributed by atoms with Crippen LogP contribution in [0.4, 0.5) is 0 Å². The smallest absolute Gasteiger partial charge is 0.265 e. The van der Waals surface area contributed by atoms with Gasteiger partial charge in [-0.05, 0) is 6.92 Å². The first-order valence-electron chi connectivity index (χ1n) is 5.88. The number of nitrogens with one attached hydrogen (secondary N) is 1. The number of rotatable bonds is 2. The first-order chi connectivity index (χ1) is 7.98. The van der Waals surface area contributed by atoms with Crippen LogP contribution in [-0.2, 0) is 4.74 Å². The van der Waals surface area contributed by atoms with E-state index >= 15 is 0 Å². The highest BCUT2D eigenvalue weighted by Crippen LogP contribution is 2.27. The van der Waals surface area contributed by atoms with Gasteiger partial charge in [-0.25, -0.2) is 0 Å². The Labute approximate surface area is 119 Å². The number of allylic oxidation sites excluding steroid dienone is 1. The SMILES string of the molecule is C/C=C/COC(=N)C(Cl)(Cl)Cl.C1CCCCC1. The molecule has 0 saturated heterocycles. The largest absolute Gasteiger partial charge is 0.474 e. The molecular formula is C12H20Cl3NO. The average molecular weight is 301 g/mol. The van der Waals surface area contributed by atoms with Gasteiger partial charge in [-0.1, -0.05) is 85.5 Å². The van der Waals surface area contributed by atoms with Crippen molar-refractivity contribution in [1.29, 1.82) is 5.41 Å². The fourth-order valence-corrected chi connectivity index (χ4v) is 1.53. The Bertz CT molecular complexity index is 221. The highest BCUT2D eigenvalue weighted by Gasteiger charge is 2.28. The number of ether oxygens (including phenoxy) is 1. The van der Waals surface area contributed by atoms with Crippen LogP contribution >= 0.6 is 34.8 Å². The van der Waals surface area contributed by atoms with Crippen LogP contribution < -0.4 is 0 Å². The molecule has 2 nitrogen and oxygen atoms in total. The van der Waals surface area contributed by atoms with Gasteiger partial charge in [0.25, 0.3) is 3.79 Å². The fourth-order valence-electron chi connectivity index (χ4n) is 1.37. The Kier molecular flexibility index (Phi) is 10.1. The summed E-state index contributed by atoms with van der Waals surface area (Å²) in [6.07, 6.45) is 12.5. The fraction of sp³-hybridized carbons (Fsp3) is 0.750. The van der Waals surface area contributed by atoms with E-state index in [1.54, 1.807) is 12.2 Å². The second-order valence-corrected chi connectivity index (χ2v) is 6.11. The van der Waals surface area contributed by atoms with Crippen LogP contribution in [0, 0.1) is 5.41 Å². The third kappa shape index (κ3) is 10.9. The summed E-state index contributed by atoms with van der Waals surface area (Å²) in [6, 6.07) is 0. The maximum Gasteiger partial charge on any atom is 0.265 e. The molecule has 0 unspecified atom stereocenters. The van der Waals surface area contributed by atoms with Gasteiger partial charge in [-0.3, -0.25) is 5.41 Å². The molecule has 1 aliphatic carbocycles. The second kappa shape index (κ2) is 10.0. The molecule has 0 spiro atoms. The van der Waals surface area contributed by atoms with E-state index in [0.717, 1.165) is 0 Å². The van der Waals surface area contributed by atoms with Crippen molar-refractivity contribution < 1.29 is 4.74 Å². The highest BCUT2D eigenvalue weighted by atomic mass is 35.6. The number of hydrogen-bond acceptors (Lipinski definition) is 2. The predicted molar refractivity (Wildman–Crippen MR) is 76.5 cm³/mol. The summed E-state index contributed by atoms with van der Waals surface area (Å²) < 4.78 is 3.00. The third-order valence-corrected chi connectivity index (χ3v) is 2.83. The Morgan fingerprint density at radius 1 is 1.12 bits per heavy atom. The number of alkyl halides is 3. The van der Waals surface area contributed by atoms with Crippen molar-refractivity contribution >= 4 is 40.7 Å². The van der Waals surface area contributed by atoms with Gasteiger partial charge in [0.2, 0.25) is 5.90 Å². The normalized spacial score (nSPS) is 16.2. The molecule has 0 radical (unpaired) electrons. The van der Waals surface area contributed by atoms with Crippen LogP contribution in [0.25, 0.3) is 0 Å². The molecule has 0 atom stereocenters. The average Bonchev–Trinajstić information content (AvgIpc) is 2.31. The standard InChI is InChI=1S/C6H8Cl3NO.C6H12/c1-2-3-4-11-5(10)6(7,8)9;1-2-4-6-5-3-1/h2-3,10H,4H2,1H3;1-6H2/b3-2+,10-5?;. The van der Waals surface area contributed by atoms with Crippen molar-refractivity contribution in [2.75, 3.05) is 6.61 Å². The van der Waals surface area contributed by atoms with E-state index in [4.69, 9.17) is 44.9 Å². The van der Waals surface area contributed by atoms with Crippen molar-refractivity contribution in [3.8, 4) is 0 Å². The minimum atomic E-state index is -1.75. The molecular weight excluding hydrogens is 280 g/mol. The van der Waals surface area contributed by atoms with Gasteiger partial charge in [0.1, 0.15) is 6.61 Å². The molecule has 0 heterocycles. The molecule has 1 saturated carbocycles. The molecule has 0 amide bonds. The van der Waals surface area contributed by atoms with Crippen LogP contribution in [0.1, 0.15) is 45.4 Å². The van der Waals surface area contributed by atoms with Gasteiger partial charge < -0.3 is 4.74 Å². The lowest BCUT2D eigenvalue weighted by Gasteiger charge is -2.11. The van der Waals surface area contributed by atoms with Crippen LogP contribution in [-0.4, -0.2) is 16.3 Å². The number of hydrogen-bond donors (Lipinski definition) is 1. The zero-order valence-electron chi connectivity index (χ0n) is 10.1. The highest BCUT2D eigenvalue weighted by molar-refractivity contribution is 6.76. The number of halogens is 3. The molecule has 1 fully saturated rings. The maximum absolute atomic E-state index is 7.07. The van der Waals surface area contributed by atoms with Crippen LogP contribution in [0.3, 0.4) is 0 Å². The van der Waals surface area contributed by atoms with E-state index in [1.807, 2.05) is 6.92 Å². The van der Waals surface area contributed by atoms with Gasteiger partial charge in [-0.15, -0.1) is 0 Å². The van der Waals surface area contributed by atoms with Gasteiger partial charge in [-0.2, -0.15) is 0 Å². The van der Waals surface area contributed by atoms with E-state index in [-0.39, 0.29) is 12.5 Å². The van der Waals surface area contributed by atoms with Gasteiger partial charge >= 0.3 is 0 Å². The monoisotopic (exact) mass is 299 g/mol. The van der Waals surface area contributed by atoms with Gasteiger partial charge in [0, 0.05) is 0 Å². The minimum Gasteiger partial charge on any atom is -0.474 e. The summed E-state index contributed by atoms with van der Waals surface area (Å²) in [4.78, 5) is 0. The zero-order valence-corrected chi connectivity index (χ0v) is 12.4. The molecule has 100 valence electrons. The molecule has 5 heteroatoms. The summed E-state index contributed by atoms with van der Waals surface area (Å²) in [5, 5.41) is 7.07. The molecule has 1 N–H and O–H groups in total. The van der Waals surface area contributed by atoms with Crippen molar-refractivity contribution in [2.24, 2.45) is 0 Å². The first-order valence-corrected chi connectivity index (χ1v) is 7.01. The summed E-state index contributed by atoms with van der Waals surface area (Å²) in [5.74, 6) is -0.361. The Morgan fingerprint density at radius 3 is 1.82 bits per heavy atom. The second-order valence-electron chi connectivity index (χ2n) is 3.83. The maximum atomic E-state index is 7.07. The van der Waals surface area contributed by atoms with E-state index in [1.165, 1.54) is 38.5 Å². The summed E-state index contributed by atoms with van der Waals surface area (Å²) >= 11 is 16.0. The van der Waals surface area contributed by atoms with Crippen molar-refractivity contribution in [3.63, 3.8) is 0 Å². The van der Waals surface area contributed by atoms with Crippen molar-refractivity contribution in [1.82, 2.24) is 0 Å². The summed E-state index contributed by atoms with van der Waals surface area (Å²) in [6.45, 7) is 2.09. The van der Waals surface area contributed by atoms with Crippen molar-refractivity contribution in [3.05, 3.63) is 12.2 Å². The molecule has 1 rings (SSSR count). The summed E-state index contributed by atoms with van der Waals surface area (Å²) in [5.41, 5.74) is 0. The topological polar surface area (TPSA) is 33.1 Å². The van der Waals surface area contributed by atoms with E-state index < -0.39 is 3.79 Å². The molecule has 0 aromatic carbocycles. The van der Waals surface area contributed by atoms with Crippen LogP contribution in [0.5, 0.6) is 0 Å². The van der Waals surface area contributed by atoms with Crippen LogP contribution in [0.2, 0.25) is 0 Å². The summed E-state index contributed by atoms with van der Waals surface area (Å²) in [7, 11) is 0. The Hall–Kier alpha value is 0.0800. The van der Waals surface area contributed by atoms with E-state index in [0.29, 0.717) is 0 Å². The molecule has 1 aliphatic rings. The zero-order chi connectivity index (χ0) is 13.1. The molecule has 0 aliphatic heterocycles. The van der Waals surface area contributed by atoms with E-state index in [2.05, 4.69) is 0 Å². The van der Waals surface area contributed by atoms with Gasteiger partial charge in [0.05, 0.1) is 0 Å². The van der Waals surface area contributed by atoms with Gasteiger partial charge in [0.15, 0.2) is 0 Å². The molecule has 17 heavy (non-hydrogen) atoms. The lowest BCUT2D eigenvalue weighted by molar-refractivity contribution is 0.340. The van der Waals surface area contributed by atoms with Crippen molar-refractivity contribution in [2.45, 2.75) is 49.2 Å². The molecule has 0 aromatic heterocycles. The lowest BCUT2D eigenvalue weighted by atomic mass is 10.0.